The Morgan fingerprint density at radius 2 is 2.00 bits per heavy atom. The summed E-state index contributed by atoms with van der Waals surface area (Å²) in [6.45, 7) is 5.27. The van der Waals surface area contributed by atoms with Crippen LogP contribution in [0.15, 0.2) is 22.7 Å². The molecule has 0 unspecified atom stereocenters. The van der Waals surface area contributed by atoms with Gasteiger partial charge in [-0.2, -0.15) is 13.2 Å². The number of alkyl carbamates (subject to hydrolysis) is 1. The summed E-state index contributed by atoms with van der Waals surface area (Å²) in [6, 6.07) is 3.56. The van der Waals surface area contributed by atoms with Crippen molar-refractivity contribution in [2.24, 2.45) is 0 Å². The number of hydrogen-bond acceptors (Lipinski definition) is 5. The summed E-state index contributed by atoms with van der Waals surface area (Å²) in [6.07, 6.45) is -5.16. The van der Waals surface area contributed by atoms with Gasteiger partial charge in [0.05, 0.1) is 11.9 Å². The van der Waals surface area contributed by atoms with Gasteiger partial charge in [-0.25, -0.2) is 4.79 Å². The molecule has 24 heavy (non-hydrogen) atoms. The summed E-state index contributed by atoms with van der Waals surface area (Å²) in [7, 11) is 0. The maximum Gasteiger partial charge on any atom is 0.420 e. The molecule has 0 radical (unpaired) electrons. The number of carbonyl (C=O) groups is 1. The number of nitrogens with zero attached hydrogens (tertiary/aromatic N) is 1. The number of benzene rings is 1. The van der Waals surface area contributed by atoms with E-state index in [1.54, 1.807) is 20.8 Å². The number of aromatic nitrogens is 1. The molecule has 2 rings (SSSR count). The molecule has 0 saturated heterocycles. The molecule has 0 bridgehead atoms. The van der Waals surface area contributed by atoms with E-state index in [0.29, 0.717) is 0 Å². The van der Waals surface area contributed by atoms with E-state index in [9.17, 15) is 18.0 Å². The van der Waals surface area contributed by atoms with Gasteiger partial charge < -0.3 is 19.3 Å². The first kappa shape index (κ1) is 17.9. The van der Waals surface area contributed by atoms with Crippen LogP contribution in [0.25, 0.3) is 11.0 Å². The highest BCUT2D eigenvalue weighted by molar-refractivity contribution is 5.85. The van der Waals surface area contributed by atoms with Gasteiger partial charge in [-0.1, -0.05) is 6.07 Å². The molecule has 1 aromatic carbocycles. The lowest BCUT2D eigenvalue weighted by molar-refractivity contribution is -0.137. The predicted molar refractivity (Wildman–Crippen MR) is 78.7 cm³/mol. The van der Waals surface area contributed by atoms with Gasteiger partial charge in [0.2, 0.25) is 0 Å². The number of alkyl halides is 3. The third kappa shape index (κ3) is 4.53. The predicted octanol–water partition coefficient (Wildman–Crippen LogP) is 3.75. The molecule has 0 aliphatic heterocycles. The maximum absolute atomic E-state index is 12.9. The molecule has 0 aliphatic carbocycles. The molecule has 0 saturated carbocycles. The smallest absolute Gasteiger partial charge is 0.420 e. The molecule has 0 atom stereocenters. The minimum atomic E-state index is -4.55. The summed E-state index contributed by atoms with van der Waals surface area (Å²) in [5, 5.41) is 6.08. The van der Waals surface area contributed by atoms with Crippen molar-refractivity contribution >= 4 is 17.1 Å². The van der Waals surface area contributed by atoms with E-state index < -0.39 is 23.4 Å². The molecule has 2 aromatic rings. The quantitative estimate of drug-likeness (QED) is 0.854. The summed E-state index contributed by atoms with van der Waals surface area (Å²) >= 11 is 0. The van der Waals surface area contributed by atoms with Crippen LogP contribution >= 0.6 is 0 Å². The lowest BCUT2D eigenvalue weighted by atomic mass is 10.1. The Hall–Kier alpha value is -2.45. The van der Waals surface area contributed by atoms with Crippen molar-refractivity contribution in [3.05, 3.63) is 23.8 Å². The fourth-order valence-corrected chi connectivity index (χ4v) is 1.88. The van der Waals surface area contributed by atoms with E-state index in [4.69, 9.17) is 14.0 Å². The van der Waals surface area contributed by atoms with Gasteiger partial charge >= 0.3 is 12.3 Å². The van der Waals surface area contributed by atoms with Crippen molar-refractivity contribution in [1.82, 2.24) is 10.5 Å². The van der Waals surface area contributed by atoms with Crippen molar-refractivity contribution in [1.29, 1.82) is 0 Å². The van der Waals surface area contributed by atoms with Gasteiger partial charge in [0.15, 0.2) is 5.58 Å². The molecular formula is C15H17F3N2O4. The maximum atomic E-state index is 12.9. The van der Waals surface area contributed by atoms with Crippen molar-refractivity contribution in [2.45, 2.75) is 32.5 Å². The molecule has 1 aromatic heterocycles. The lowest BCUT2D eigenvalue weighted by Gasteiger charge is -2.19. The molecule has 0 spiro atoms. The molecular weight excluding hydrogens is 329 g/mol. The van der Waals surface area contributed by atoms with Crippen LogP contribution in [0.1, 0.15) is 26.3 Å². The van der Waals surface area contributed by atoms with Crippen LogP contribution in [0.3, 0.4) is 0 Å². The Morgan fingerprint density at radius 1 is 1.29 bits per heavy atom. The van der Waals surface area contributed by atoms with Crippen LogP contribution < -0.4 is 10.1 Å². The topological polar surface area (TPSA) is 73.6 Å². The molecule has 6 nitrogen and oxygen atoms in total. The number of rotatable bonds is 4. The Balaban J connectivity index is 1.96. The average Bonchev–Trinajstić information content (AvgIpc) is 2.83. The number of fused-ring (bicyclic) bond motifs is 1. The highest BCUT2D eigenvalue weighted by Gasteiger charge is 2.35. The van der Waals surface area contributed by atoms with Gasteiger partial charge in [-0.3, -0.25) is 0 Å². The number of amides is 1. The van der Waals surface area contributed by atoms with Crippen molar-refractivity contribution in [3.8, 4) is 5.88 Å². The van der Waals surface area contributed by atoms with Crippen molar-refractivity contribution in [3.63, 3.8) is 0 Å². The summed E-state index contributed by atoms with van der Waals surface area (Å²) in [5.74, 6) is -0.0675. The Kier molecular flexibility index (Phi) is 4.91. The number of para-hydroxylation sites is 1. The summed E-state index contributed by atoms with van der Waals surface area (Å²) in [5.41, 5.74) is -1.93. The zero-order valence-corrected chi connectivity index (χ0v) is 13.4. The number of ether oxygens (including phenoxy) is 2. The van der Waals surface area contributed by atoms with Crippen LogP contribution in [-0.2, 0) is 10.9 Å². The number of hydrogen-bond donors (Lipinski definition) is 1. The molecule has 1 heterocycles. The monoisotopic (exact) mass is 346 g/mol. The molecule has 1 amide bonds. The van der Waals surface area contributed by atoms with Gasteiger partial charge in [-0.15, -0.1) is 0 Å². The first-order chi connectivity index (χ1) is 11.1. The van der Waals surface area contributed by atoms with Crippen LogP contribution in [0.5, 0.6) is 5.88 Å². The fourth-order valence-electron chi connectivity index (χ4n) is 1.88. The number of halogens is 3. The minimum absolute atomic E-state index is 0.00286. The van der Waals surface area contributed by atoms with Crippen LogP contribution in [0.2, 0.25) is 0 Å². The second-order valence-corrected chi connectivity index (χ2v) is 5.94. The first-order valence-corrected chi connectivity index (χ1v) is 7.13. The van der Waals surface area contributed by atoms with E-state index in [0.717, 1.165) is 6.07 Å². The van der Waals surface area contributed by atoms with Gasteiger partial charge in [0, 0.05) is 0 Å². The third-order valence-electron chi connectivity index (χ3n) is 2.78. The van der Waals surface area contributed by atoms with Gasteiger partial charge in [-0.05, 0) is 38.1 Å². The fraction of sp³-hybridized carbons (Fsp3) is 0.467. The van der Waals surface area contributed by atoms with Crippen LogP contribution in [0, 0.1) is 0 Å². The van der Waals surface area contributed by atoms with Crippen LogP contribution in [-0.4, -0.2) is 30.0 Å². The zero-order valence-electron chi connectivity index (χ0n) is 13.4. The molecule has 0 aliphatic rings. The Labute approximate surface area is 135 Å². The van der Waals surface area contributed by atoms with E-state index in [2.05, 4.69) is 10.5 Å². The first-order valence-electron chi connectivity index (χ1n) is 7.13. The van der Waals surface area contributed by atoms with Gasteiger partial charge in [0.1, 0.15) is 17.8 Å². The standard InChI is InChI=1S/C15H17F3N2O4/c1-14(2,3)23-13(21)19-7-8-22-12-9-5-4-6-10(15(16,17)18)11(9)24-20-12/h4-6H,7-8H2,1-3H3,(H,19,21). The second kappa shape index (κ2) is 6.58. The van der Waals surface area contributed by atoms with E-state index in [1.165, 1.54) is 12.1 Å². The second-order valence-electron chi connectivity index (χ2n) is 5.94. The SMILES string of the molecule is CC(C)(C)OC(=O)NCCOc1noc2c(C(F)(F)F)cccc12. The number of carbonyl (C=O) groups excluding carboxylic acids is 1. The normalized spacial score (nSPS) is 12.2. The third-order valence-corrected chi connectivity index (χ3v) is 2.78. The van der Waals surface area contributed by atoms with E-state index in [1.807, 2.05) is 0 Å². The lowest BCUT2D eigenvalue weighted by Crippen LogP contribution is -2.34. The van der Waals surface area contributed by atoms with E-state index in [-0.39, 0.29) is 30.0 Å². The molecule has 0 fully saturated rings. The highest BCUT2D eigenvalue weighted by atomic mass is 19.4. The average molecular weight is 346 g/mol. The Bertz CT molecular complexity index is 720. The number of nitrogens with one attached hydrogen (secondary N) is 1. The van der Waals surface area contributed by atoms with E-state index >= 15 is 0 Å². The minimum Gasteiger partial charge on any atom is -0.473 e. The van der Waals surface area contributed by atoms with Crippen molar-refractivity contribution in [2.75, 3.05) is 13.2 Å². The Morgan fingerprint density at radius 3 is 2.62 bits per heavy atom. The molecule has 9 heteroatoms. The van der Waals surface area contributed by atoms with Gasteiger partial charge in [0.25, 0.3) is 5.88 Å². The van der Waals surface area contributed by atoms with Crippen LogP contribution in [0.4, 0.5) is 18.0 Å². The molecule has 132 valence electrons. The summed E-state index contributed by atoms with van der Waals surface area (Å²) in [4.78, 5) is 11.4. The largest absolute Gasteiger partial charge is 0.473 e. The highest BCUT2D eigenvalue weighted by Crippen LogP contribution is 2.37. The molecule has 1 N–H and O–H groups in total. The zero-order chi connectivity index (χ0) is 18.0. The van der Waals surface area contributed by atoms with Crippen molar-refractivity contribution < 1.29 is 32.0 Å². The summed E-state index contributed by atoms with van der Waals surface area (Å²) < 4.78 is 53.6.